The van der Waals surface area contributed by atoms with E-state index in [0.717, 1.165) is 41.9 Å². The highest BCUT2D eigenvalue weighted by atomic mass is 16.6. The largest absolute Gasteiger partial charge is 0.466 e. The van der Waals surface area contributed by atoms with Crippen LogP contribution in [0.2, 0.25) is 0 Å². The third kappa shape index (κ3) is 8.81. The van der Waals surface area contributed by atoms with Gasteiger partial charge in [-0.1, -0.05) is 38.5 Å². The lowest BCUT2D eigenvalue weighted by molar-refractivity contribution is -0.142. The number of nitrogens with one attached hydrogen (secondary N) is 2. The van der Waals surface area contributed by atoms with Crippen molar-refractivity contribution in [3.05, 3.63) is 83.8 Å². The number of hydrogen-bond acceptors (Lipinski definition) is 9. The molecule has 244 valence electrons. The molecule has 2 aromatic heterocycles. The van der Waals surface area contributed by atoms with Crippen LogP contribution in [0.4, 0.5) is 16.3 Å². The molecule has 0 saturated heterocycles. The van der Waals surface area contributed by atoms with Crippen molar-refractivity contribution < 1.29 is 23.9 Å². The third-order valence-corrected chi connectivity index (χ3v) is 7.57. The van der Waals surface area contributed by atoms with Gasteiger partial charge < -0.3 is 30.4 Å². The van der Waals surface area contributed by atoms with Gasteiger partial charge in [-0.05, 0) is 67.8 Å². The number of nitrogens with two attached hydrogens (primary N) is 1. The average Bonchev–Trinajstić information content (AvgIpc) is 3.38. The Balaban J connectivity index is 1.41. The zero-order valence-corrected chi connectivity index (χ0v) is 26.9. The molecule has 0 unspecified atom stereocenters. The Labute approximate surface area is 269 Å². The topological polar surface area (TPSA) is 154 Å². The van der Waals surface area contributed by atoms with Crippen molar-refractivity contribution in [2.75, 3.05) is 23.4 Å². The second kappa shape index (κ2) is 16.4. The first kappa shape index (κ1) is 33.9. The Morgan fingerprint density at radius 1 is 1.04 bits per heavy atom. The highest BCUT2D eigenvalue weighted by Crippen LogP contribution is 2.22. The monoisotopic (exact) mass is 629 g/mol. The standard InChI is InChI=1S/C34H43N7O5/c1-5-10-26(6-2)46-34(44)39-32(35)23-12-15-25(16-13-23)37-22-30-38-27-21-24(14-17-28(27)40(30)4)33(43)41(20-18-31(42)45-7-3)29-11-8-9-19-36-29/h8-9,11-17,19,21,26,32,37H,5-7,10,18,20,22,35H2,1-4H3,(H,39,44)/t26-,32-/m0/s1. The van der Waals surface area contributed by atoms with Gasteiger partial charge in [0.1, 0.15) is 23.9 Å². The molecule has 0 spiro atoms. The first-order valence-electron chi connectivity index (χ1n) is 15.6. The summed E-state index contributed by atoms with van der Waals surface area (Å²) < 4.78 is 12.5. The summed E-state index contributed by atoms with van der Waals surface area (Å²) in [5.74, 6) is 0.548. The van der Waals surface area contributed by atoms with Crippen LogP contribution < -0.4 is 21.3 Å². The molecule has 0 bridgehead atoms. The number of nitrogens with zero attached hydrogens (tertiary/aromatic N) is 4. The van der Waals surface area contributed by atoms with Crippen molar-refractivity contribution in [1.82, 2.24) is 19.9 Å². The van der Waals surface area contributed by atoms with Gasteiger partial charge in [-0.25, -0.2) is 14.8 Å². The van der Waals surface area contributed by atoms with Crippen LogP contribution in [0.1, 0.15) is 74.4 Å². The van der Waals surface area contributed by atoms with Crippen LogP contribution in [0.5, 0.6) is 0 Å². The van der Waals surface area contributed by atoms with E-state index >= 15 is 0 Å². The molecule has 0 aliphatic heterocycles. The van der Waals surface area contributed by atoms with E-state index in [9.17, 15) is 14.4 Å². The van der Waals surface area contributed by atoms with E-state index in [0.29, 0.717) is 23.4 Å². The lowest BCUT2D eigenvalue weighted by atomic mass is 10.1. The summed E-state index contributed by atoms with van der Waals surface area (Å²) in [7, 11) is 1.92. The highest BCUT2D eigenvalue weighted by molar-refractivity contribution is 6.07. The minimum Gasteiger partial charge on any atom is -0.466 e. The zero-order valence-electron chi connectivity index (χ0n) is 26.9. The predicted molar refractivity (Wildman–Crippen MR) is 177 cm³/mol. The molecule has 2 atom stereocenters. The van der Waals surface area contributed by atoms with Gasteiger partial charge in [0.2, 0.25) is 0 Å². The molecule has 12 heteroatoms. The maximum atomic E-state index is 13.6. The van der Waals surface area contributed by atoms with E-state index in [1.165, 1.54) is 4.90 Å². The quantitative estimate of drug-likeness (QED) is 0.115. The van der Waals surface area contributed by atoms with E-state index in [1.54, 1.807) is 43.5 Å². The zero-order chi connectivity index (χ0) is 33.1. The summed E-state index contributed by atoms with van der Waals surface area (Å²) in [5.41, 5.74) is 9.75. The molecule has 0 aliphatic carbocycles. The lowest BCUT2D eigenvalue weighted by Crippen LogP contribution is -2.36. The van der Waals surface area contributed by atoms with Crippen molar-refractivity contribution in [3.63, 3.8) is 0 Å². The number of carbonyl (C=O) groups excluding carboxylic acids is 3. The van der Waals surface area contributed by atoms with Crippen LogP contribution in [0, 0.1) is 0 Å². The summed E-state index contributed by atoms with van der Waals surface area (Å²) in [6.07, 6.45) is 2.81. The molecule has 0 saturated carbocycles. The summed E-state index contributed by atoms with van der Waals surface area (Å²) in [5, 5.41) is 6.07. The van der Waals surface area contributed by atoms with Crippen LogP contribution in [-0.4, -0.2) is 51.8 Å². The molecule has 0 radical (unpaired) electrons. The number of esters is 1. The Kier molecular flexibility index (Phi) is 12.1. The second-order valence-electron chi connectivity index (χ2n) is 10.8. The number of benzene rings is 2. The molecule has 0 fully saturated rings. The van der Waals surface area contributed by atoms with E-state index in [4.69, 9.17) is 20.2 Å². The van der Waals surface area contributed by atoms with Gasteiger partial charge in [0.15, 0.2) is 0 Å². The first-order chi connectivity index (χ1) is 22.2. The van der Waals surface area contributed by atoms with Gasteiger partial charge >= 0.3 is 12.1 Å². The Morgan fingerprint density at radius 3 is 2.50 bits per heavy atom. The number of aromatic nitrogens is 3. The molecule has 2 heterocycles. The average molecular weight is 630 g/mol. The highest BCUT2D eigenvalue weighted by Gasteiger charge is 2.22. The minimum absolute atomic E-state index is 0.0478. The molecule has 0 aliphatic rings. The van der Waals surface area contributed by atoms with Crippen LogP contribution in [0.25, 0.3) is 11.0 Å². The van der Waals surface area contributed by atoms with Crippen molar-refractivity contribution in [2.24, 2.45) is 12.8 Å². The third-order valence-electron chi connectivity index (χ3n) is 7.57. The molecule has 12 nitrogen and oxygen atoms in total. The van der Waals surface area contributed by atoms with Gasteiger partial charge in [0, 0.05) is 31.0 Å². The maximum absolute atomic E-state index is 13.6. The van der Waals surface area contributed by atoms with Crippen molar-refractivity contribution in [3.8, 4) is 0 Å². The summed E-state index contributed by atoms with van der Waals surface area (Å²) in [4.78, 5) is 48.5. The SMILES string of the molecule is CCC[C@H](CC)OC(=O)N[C@H](N)c1ccc(NCc2nc3cc(C(=O)N(CCC(=O)OCC)c4ccccn4)ccc3n2C)cc1. The Hall–Kier alpha value is -4.97. The minimum atomic E-state index is -0.698. The summed E-state index contributed by atoms with van der Waals surface area (Å²) in [6, 6.07) is 18.1. The number of hydrogen-bond donors (Lipinski definition) is 3. The molecular weight excluding hydrogens is 586 g/mol. The van der Waals surface area contributed by atoms with Gasteiger partial charge in [0.25, 0.3) is 5.91 Å². The number of ether oxygens (including phenoxy) is 2. The van der Waals surface area contributed by atoms with Crippen LogP contribution in [-0.2, 0) is 27.9 Å². The number of imidazole rings is 1. The van der Waals surface area contributed by atoms with Gasteiger partial charge in [-0.15, -0.1) is 0 Å². The molecular formula is C34H43N7O5. The number of rotatable bonds is 15. The normalized spacial score (nSPS) is 12.3. The van der Waals surface area contributed by atoms with E-state index in [1.807, 2.05) is 48.9 Å². The molecule has 2 amide bonds. The maximum Gasteiger partial charge on any atom is 0.408 e. The summed E-state index contributed by atoms with van der Waals surface area (Å²) >= 11 is 0. The fourth-order valence-electron chi connectivity index (χ4n) is 5.02. The molecule has 4 aromatic rings. The Bertz CT molecular complexity index is 1610. The van der Waals surface area contributed by atoms with E-state index in [2.05, 4.69) is 22.5 Å². The number of fused-ring (bicyclic) bond motifs is 1. The van der Waals surface area contributed by atoms with Crippen molar-refractivity contribution in [2.45, 2.75) is 65.3 Å². The van der Waals surface area contributed by atoms with E-state index in [-0.39, 0.29) is 37.6 Å². The Morgan fingerprint density at radius 2 is 1.83 bits per heavy atom. The number of anilines is 2. The number of amides is 2. The second-order valence-corrected chi connectivity index (χ2v) is 10.8. The van der Waals surface area contributed by atoms with Gasteiger partial charge in [0.05, 0.1) is 30.6 Å². The smallest absolute Gasteiger partial charge is 0.408 e. The molecule has 46 heavy (non-hydrogen) atoms. The number of pyridine rings is 1. The lowest BCUT2D eigenvalue weighted by Gasteiger charge is -2.21. The predicted octanol–water partition coefficient (Wildman–Crippen LogP) is 5.44. The van der Waals surface area contributed by atoms with E-state index < -0.39 is 12.3 Å². The fourth-order valence-corrected chi connectivity index (χ4v) is 5.02. The molecule has 4 N–H and O–H groups in total. The van der Waals surface area contributed by atoms with Gasteiger partial charge in [-0.3, -0.25) is 14.5 Å². The number of aryl methyl sites for hydroxylation is 1. The van der Waals surface area contributed by atoms with Gasteiger partial charge in [-0.2, -0.15) is 0 Å². The van der Waals surface area contributed by atoms with Crippen molar-refractivity contribution in [1.29, 1.82) is 0 Å². The molecule has 4 rings (SSSR count). The fraction of sp³-hybridized carbons (Fsp3) is 0.382. The molecule has 2 aromatic carbocycles. The van der Waals surface area contributed by atoms with Crippen LogP contribution in [0.15, 0.2) is 66.9 Å². The van der Waals surface area contributed by atoms with Crippen molar-refractivity contribution >= 4 is 40.5 Å². The van der Waals surface area contributed by atoms with Crippen LogP contribution >= 0.6 is 0 Å². The summed E-state index contributed by atoms with van der Waals surface area (Å²) in [6.45, 7) is 6.62. The van der Waals surface area contributed by atoms with Crippen LogP contribution in [0.3, 0.4) is 0 Å². The first-order valence-corrected chi connectivity index (χ1v) is 15.6. The number of carbonyl (C=O) groups is 3. The number of alkyl carbamates (subject to hydrolysis) is 1.